The predicted molar refractivity (Wildman–Crippen MR) is 83.4 cm³/mol. The molecular weight excluding hydrogens is 280 g/mol. The molecule has 2 heterocycles. The molecule has 0 aliphatic carbocycles. The number of benzene rings is 1. The number of hydrogen-bond donors (Lipinski definition) is 1. The van der Waals surface area contributed by atoms with Crippen LogP contribution in [0.1, 0.15) is 21.7 Å². The molecule has 0 fully saturated rings. The highest BCUT2D eigenvalue weighted by molar-refractivity contribution is 5.90. The minimum atomic E-state index is -0.395. The van der Waals surface area contributed by atoms with Crippen molar-refractivity contribution < 1.29 is 13.9 Å². The number of aromatic nitrogens is 1. The fourth-order valence-corrected chi connectivity index (χ4v) is 2.43. The number of furan rings is 1. The molecule has 0 radical (unpaired) electrons. The van der Waals surface area contributed by atoms with Gasteiger partial charge in [-0.3, -0.25) is 4.98 Å². The van der Waals surface area contributed by atoms with E-state index in [1.807, 2.05) is 25.1 Å². The Morgan fingerprint density at radius 1 is 1.32 bits per heavy atom. The van der Waals surface area contributed by atoms with Gasteiger partial charge in [-0.05, 0) is 42.8 Å². The van der Waals surface area contributed by atoms with Gasteiger partial charge < -0.3 is 14.9 Å². The zero-order chi connectivity index (χ0) is 15.7. The molecule has 0 saturated heterocycles. The van der Waals surface area contributed by atoms with Crippen molar-refractivity contribution in [1.29, 1.82) is 0 Å². The van der Waals surface area contributed by atoms with Crippen molar-refractivity contribution in [3.8, 4) is 11.3 Å². The number of ether oxygens (including phenoxy) is 1. The third-order valence-corrected chi connectivity index (χ3v) is 3.53. The topological polar surface area (TPSA) is 78.3 Å². The average molecular weight is 296 g/mol. The van der Waals surface area contributed by atoms with Crippen LogP contribution in [0.4, 0.5) is 0 Å². The first-order valence-electron chi connectivity index (χ1n) is 6.90. The molecule has 5 heteroatoms. The van der Waals surface area contributed by atoms with Crippen molar-refractivity contribution in [1.82, 2.24) is 4.98 Å². The molecule has 112 valence electrons. The van der Waals surface area contributed by atoms with E-state index in [1.54, 1.807) is 12.1 Å². The Kier molecular flexibility index (Phi) is 3.65. The molecule has 2 N–H and O–H groups in total. The Morgan fingerprint density at radius 3 is 2.77 bits per heavy atom. The van der Waals surface area contributed by atoms with Crippen LogP contribution in [0.3, 0.4) is 0 Å². The van der Waals surface area contributed by atoms with Crippen LogP contribution in [0.15, 0.2) is 40.9 Å². The molecule has 0 amide bonds. The van der Waals surface area contributed by atoms with Gasteiger partial charge in [0.05, 0.1) is 24.9 Å². The largest absolute Gasteiger partial charge is 0.465 e. The summed E-state index contributed by atoms with van der Waals surface area (Å²) in [5.41, 5.74) is 9.66. The van der Waals surface area contributed by atoms with E-state index in [9.17, 15) is 4.79 Å². The van der Waals surface area contributed by atoms with Crippen molar-refractivity contribution in [2.45, 2.75) is 13.5 Å². The molecule has 0 saturated carbocycles. The Bertz CT molecular complexity index is 835. The number of methoxy groups -OCH3 is 1. The summed E-state index contributed by atoms with van der Waals surface area (Å²) in [5, 5.41) is 0.995. The molecule has 0 aliphatic rings. The van der Waals surface area contributed by atoms with Crippen LogP contribution >= 0.6 is 0 Å². The standard InChI is InChI=1S/C17H16N2O3/c1-10-5-12(6-13-7-14(8-18)22-16(10)13)15-4-3-11(9-19-15)17(20)21-2/h3-7,9H,8,18H2,1-2H3. The molecule has 0 aliphatic heterocycles. The minimum absolute atomic E-state index is 0.371. The van der Waals surface area contributed by atoms with Crippen molar-refractivity contribution in [3.63, 3.8) is 0 Å². The Labute approximate surface area is 127 Å². The number of esters is 1. The Hall–Kier alpha value is -2.66. The Morgan fingerprint density at radius 2 is 2.14 bits per heavy atom. The van der Waals surface area contributed by atoms with Crippen LogP contribution in [0.25, 0.3) is 22.2 Å². The molecule has 22 heavy (non-hydrogen) atoms. The maximum Gasteiger partial charge on any atom is 0.339 e. The number of nitrogens with zero attached hydrogens (tertiary/aromatic N) is 1. The van der Waals surface area contributed by atoms with E-state index in [-0.39, 0.29) is 0 Å². The maximum absolute atomic E-state index is 11.4. The number of aryl methyl sites for hydroxylation is 1. The lowest BCUT2D eigenvalue weighted by Gasteiger charge is -2.04. The van der Waals surface area contributed by atoms with Gasteiger partial charge in [-0.1, -0.05) is 0 Å². The lowest BCUT2D eigenvalue weighted by atomic mass is 10.0. The predicted octanol–water partition coefficient (Wildman–Crippen LogP) is 3.05. The molecule has 0 atom stereocenters. The number of pyridine rings is 1. The highest BCUT2D eigenvalue weighted by Crippen LogP contribution is 2.29. The lowest BCUT2D eigenvalue weighted by Crippen LogP contribution is -2.01. The highest BCUT2D eigenvalue weighted by Gasteiger charge is 2.10. The summed E-state index contributed by atoms with van der Waals surface area (Å²) in [6, 6.07) is 9.46. The van der Waals surface area contributed by atoms with E-state index in [2.05, 4.69) is 9.72 Å². The monoisotopic (exact) mass is 296 g/mol. The molecule has 3 rings (SSSR count). The van der Waals surface area contributed by atoms with Crippen LogP contribution < -0.4 is 5.73 Å². The van der Waals surface area contributed by atoms with Crippen LogP contribution in [0.5, 0.6) is 0 Å². The molecule has 0 unspecified atom stereocenters. The van der Waals surface area contributed by atoms with Crippen molar-refractivity contribution in [2.24, 2.45) is 5.73 Å². The summed E-state index contributed by atoms with van der Waals surface area (Å²) in [5.74, 6) is 0.359. The first kappa shape index (κ1) is 14.3. The van der Waals surface area contributed by atoms with Gasteiger partial charge in [-0.15, -0.1) is 0 Å². The van der Waals surface area contributed by atoms with E-state index >= 15 is 0 Å². The number of nitrogens with two attached hydrogens (primary N) is 1. The SMILES string of the molecule is COC(=O)c1ccc(-c2cc(C)c3oc(CN)cc3c2)nc1. The van der Waals surface area contributed by atoms with E-state index in [4.69, 9.17) is 10.2 Å². The summed E-state index contributed by atoms with van der Waals surface area (Å²) >= 11 is 0. The summed E-state index contributed by atoms with van der Waals surface area (Å²) in [7, 11) is 1.35. The van der Waals surface area contributed by atoms with Gasteiger partial charge in [0, 0.05) is 17.1 Å². The van der Waals surface area contributed by atoms with E-state index in [1.165, 1.54) is 13.3 Å². The molecule has 0 bridgehead atoms. The van der Waals surface area contributed by atoms with Crippen molar-refractivity contribution in [2.75, 3.05) is 7.11 Å². The fourth-order valence-electron chi connectivity index (χ4n) is 2.43. The van der Waals surface area contributed by atoms with Gasteiger partial charge in [-0.2, -0.15) is 0 Å². The van der Waals surface area contributed by atoms with Gasteiger partial charge in [0.2, 0.25) is 0 Å². The highest BCUT2D eigenvalue weighted by atomic mass is 16.5. The minimum Gasteiger partial charge on any atom is -0.465 e. The van der Waals surface area contributed by atoms with Gasteiger partial charge in [0.15, 0.2) is 0 Å². The zero-order valence-electron chi connectivity index (χ0n) is 12.4. The summed E-state index contributed by atoms with van der Waals surface area (Å²) in [4.78, 5) is 15.8. The summed E-state index contributed by atoms with van der Waals surface area (Å²) < 4.78 is 10.4. The van der Waals surface area contributed by atoms with E-state index < -0.39 is 5.97 Å². The second kappa shape index (κ2) is 5.61. The van der Waals surface area contributed by atoms with Gasteiger partial charge in [-0.25, -0.2) is 4.79 Å². The summed E-state index contributed by atoms with van der Waals surface area (Å²) in [6.07, 6.45) is 1.52. The van der Waals surface area contributed by atoms with Crippen LogP contribution in [0.2, 0.25) is 0 Å². The molecular formula is C17H16N2O3. The number of hydrogen-bond acceptors (Lipinski definition) is 5. The summed E-state index contributed by atoms with van der Waals surface area (Å²) in [6.45, 7) is 2.36. The van der Waals surface area contributed by atoms with E-state index in [0.717, 1.165) is 33.6 Å². The van der Waals surface area contributed by atoms with Crippen LogP contribution in [0, 0.1) is 6.92 Å². The quantitative estimate of drug-likeness (QED) is 0.751. The van der Waals surface area contributed by atoms with Gasteiger partial charge in [0.1, 0.15) is 11.3 Å². The zero-order valence-corrected chi connectivity index (χ0v) is 12.4. The van der Waals surface area contributed by atoms with Crippen molar-refractivity contribution >= 4 is 16.9 Å². The number of rotatable bonds is 3. The first-order chi connectivity index (χ1) is 10.6. The second-order valence-electron chi connectivity index (χ2n) is 5.05. The fraction of sp³-hybridized carbons (Fsp3) is 0.176. The lowest BCUT2D eigenvalue weighted by molar-refractivity contribution is 0.0600. The first-order valence-corrected chi connectivity index (χ1v) is 6.90. The number of carbonyl (C=O) groups is 1. The maximum atomic E-state index is 11.4. The van der Waals surface area contributed by atoms with Crippen molar-refractivity contribution in [3.05, 3.63) is 53.4 Å². The Balaban J connectivity index is 2.04. The van der Waals surface area contributed by atoms with Gasteiger partial charge in [0.25, 0.3) is 0 Å². The molecule has 1 aromatic carbocycles. The van der Waals surface area contributed by atoms with Crippen LogP contribution in [-0.4, -0.2) is 18.1 Å². The molecule has 5 nitrogen and oxygen atoms in total. The third-order valence-electron chi connectivity index (χ3n) is 3.53. The number of fused-ring (bicyclic) bond motifs is 1. The normalized spacial score (nSPS) is 10.9. The van der Waals surface area contributed by atoms with Gasteiger partial charge >= 0.3 is 5.97 Å². The van der Waals surface area contributed by atoms with Crippen LogP contribution in [-0.2, 0) is 11.3 Å². The van der Waals surface area contributed by atoms with E-state index in [0.29, 0.717) is 12.1 Å². The smallest absolute Gasteiger partial charge is 0.339 e. The molecule has 3 aromatic rings. The molecule has 0 spiro atoms. The second-order valence-corrected chi connectivity index (χ2v) is 5.05. The average Bonchev–Trinajstić information content (AvgIpc) is 2.98. The number of carbonyl (C=O) groups excluding carboxylic acids is 1. The third kappa shape index (κ3) is 2.46. The molecule has 2 aromatic heterocycles.